The van der Waals surface area contributed by atoms with Gasteiger partial charge < -0.3 is 19.5 Å². The molecule has 1 aromatic carbocycles. The Morgan fingerprint density at radius 1 is 1.20 bits per heavy atom. The maximum Gasteiger partial charge on any atom is 0.355 e. The smallest absolute Gasteiger partial charge is 0.355 e. The molecule has 1 amide bonds. The lowest BCUT2D eigenvalue weighted by Crippen LogP contribution is -2.50. The molecule has 1 saturated heterocycles. The zero-order chi connectivity index (χ0) is 17.8. The molecule has 3 rings (SSSR count). The predicted molar refractivity (Wildman–Crippen MR) is 94.0 cm³/mol. The molecule has 0 radical (unpaired) electrons. The van der Waals surface area contributed by atoms with Gasteiger partial charge in [0.2, 0.25) is 0 Å². The number of benzene rings is 1. The van der Waals surface area contributed by atoms with Crippen molar-refractivity contribution in [2.75, 3.05) is 37.7 Å². The van der Waals surface area contributed by atoms with Crippen LogP contribution in [0.2, 0.25) is 0 Å². The lowest BCUT2D eigenvalue weighted by Gasteiger charge is -2.36. The summed E-state index contributed by atoms with van der Waals surface area (Å²) in [7, 11) is 0. The Bertz CT molecular complexity index is 772. The molecule has 8 heteroatoms. The molecule has 25 heavy (non-hydrogen) atoms. The molecule has 0 aliphatic carbocycles. The van der Waals surface area contributed by atoms with Gasteiger partial charge in [-0.3, -0.25) is 4.79 Å². The van der Waals surface area contributed by atoms with Crippen molar-refractivity contribution in [3.05, 3.63) is 52.5 Å². The number of hydrogen-bond acceptors (Lipinski definition) is 4. The molecule has 6 nitrogen and oxygen atoms in total. The third kappa shape index (κ3) is 4.19. The number of piperazine rings is 1. The van der Waals surface area contributed by atoms with E-state index in [0.29, 0.717) is 31.9 Å². The highest BCUT2D eigenvalue weighted by molar-refractivity contribution is 9.10. The average molecular weight is 410 g/mol. The summed E-state index contributed by atoms with van der Waals surface area (Å²) in [5, 5.41) is 0. The van der Waals surface area contributed by atoms with E-state index >= 15 is 0 Å². The molecular weight excluding hydrogens is 393 g/mol. The van der Waals surface area contributed by atoms with Gasteiger partial charge in [-0.1, -0.05) is 12.1 Å². The van der Waals surface area contributed by atoms with Crippen LogP contribution in [-0.2, 0) is 9.53 Å². The van der Waals surface area contributed by atoms with Crippen molar-refractivity contribution in [2.24, 2.45) is 0 Å². The first-order valence-electron chi connectivity index (χ1n) is 7.83. The van der Waals surface area contributed by atoms with Gasteiger partial charge >= 0.3 is 5.97 Å². The summed E-state index contributed by atoms with van der Waals surface area (Å²) < 4.78 is 19.6. The SMILES string of the molecule is O=C(OCC(=O)N1CCN(c2ccccc2F)CC1)c1cc(Br)c[nH]1. The van der Waals surface area contributed by atoms with E-state index in [9.17, 15) is 14.0 Å². The van der Waals surface area contributed by atoms with Gasteiger partial charge in [0.25, 0.3) is 5.91 Å². The number of aromatic amines is 1. The Balaban J connectivity index is 1.48. The van der Waals surface area contributed by atoms with E-state index in [0.717, 1.165) is 4.47 Å². The number of amides is 1. The number of nitrogens with zero attached hydrogens (tertiary/aromatic N) is 2. The number of ether oxygens (including phenoxy) is 1. The van der Waals surface area contributed by atoms with Gasteiger partial charge in [0, 0.05) is 36.8 Å². The number of rotatable bonds is 4. The van der Waals surface area contributed by atoms with Crippen LogP contribution in [0.15, 0.2) is 41.0 Å². The van der Waals surface area contributed by atoms with E-state index < -0.39 is 5.97 Å². The van der Waals surface area contributed by atoms with Crippen molar-refractivity contribution in [1.29, 1.82) is 0 Å². The normalized spacial score (nSPS) is 14.5. The van der Waals surface area contributed by atoms with Crippen LogP contribution in [0.5, 0.6) is 0 Å². The summed E-state index contributed by atoms with van der Waals surface area (Å²) >= 11 is 3.23. The van der Waals surface area contributed by atoms with Crippen LogP contribution in [0.25, 0.3) is 0 Å². The highest BCUT2D eigenvalue weighted by Crippen LogP contribution is 2.20. The molecule has 0 saturated carbocycles. The Labute approximate surface area is 152 Å². The van der Waals surface area contributed by atoms with Crippen LogP contribution in [0.4, 0.5) is 10.1 Å². The highest BCUT2D eigenvalue weighted by atomic mass is 79.9. The second kappa shape index (κ2) is 7.69. The van der Waals surface area contributed by atoms with Gasteiger partial charge in [-0.15, -0.1) is 0 Å². The first-order chi connectivity index (χ1) is 12.0. The van der Waals surface area contributed by atoms with Crippen molar-refractivity contribution in [2.45, 2.75) is 0 Å². The van der Waals surface area contributed by atoms with Gasteiger partial charge in [0.1, 0.15) is 11.5 Å². The minimum absolute atomic E-state index is 0.257. The summed E-state index contributed by atoms with van der Waals surface area (Å²) in [4.78, 5) is 30.3. The fraction of sp³-hybridized carbons (Fsp3) is 0.294. The first-order valence-corrected chi connectivity index (χ1v) is 8.62. The number of carbonyl (C=O) groups excluding carboxylic acids is 2. The van der Waals surface area contributed by atoms with Crippen LogP contribution in [-0.4, -0.2) is 54.5 Å². The molecule has 1 aliphatic heterocycles. The van der Waals surface area contributed by atoms with Crippen LogP contribution in [0.1, 0.15) is 10.5 Å². The molecule has 0 bridgehead atoms. The molecule has 0 atom stereocenters. The zero-order valence-corrected chi connectivity index (χ0v) is 15.0. The maximum atomic E-state index is 13.8. The van der Waals surface area contributed by atoms with Gasteiger partial charge in [0.15, 0.2) is 6.61 Å². The molecule has 0 unspecified atom stereocenters. The van der Waals surface area contributed by atoms with Crippen LogP contribution < -0.4 is 4.90 Å². The first kappa shape index (κ1) is 17.5. The third-order valence-corrected chi connectivity index (χ3v) is 4.48. The quantitative estimate of drug-likeness (QED) is 0.787. The van der Waals surface area contributed by atoms with Crippen LogP contribution >= 0.6 is 15.9 Å². The molecule has 2 aromatic rings. The largest absolute Gasteiger partial charge is 0.451 e. The minimum atomic E-state index is -0.580. The highest BCUT2D eigenvalue weighted by Gasteiger charge is 2.23. The number of para-hydroxylation sites is 1. The Morgan fingerprint density at radius 2 is 1.92 bits per heavy atom. The Morgan fingerprint density at radius 3 is 2.56 bits per heavy atom. The van der Waals surface area contributed by atoms with E-state index in [1.54, 1.807) is 35.4 Å². The van der Waals surface area contributed by atoms with Crippen molar-refractivity contribution >= 4 is 33.5 Å². The number of hydrogen-bond donors (Lipinski definition) is 1. The molecular formula is C17H17BrFN3O3. The fourth-order valence-electron chi connectivity index (χ4n) is 2.69. The number of carbonyl (C=O) groups is 2. The van der Waals surface area contributed by atoms with Crippen molar-refractivity contribution in [3.8, 4) is 0 Å². The summed E-state index contributed by atoms with van der Waals surface area (Å²) in [6.07, 6.45) is 1.61. The Kier molecular flexibility index (Phi) is 5.37. The monoisotopic (exact) mass is 409 g/mol. The molecule has 1 N–H and O–H groups in total. The van der Waals surface area contributed by atoms with E-state index in [1.165, 1.54) is 6.07 Å². The number of H-pyrrole nitrogens is 1. The summed E-state index contributed by atoms with van der Waals surface area (Å²) in [5.74, 6) is -1.11. The molecule has 1 aliphatic rings. The van der Waals surface area contributed by atoms with Crippen molar-refractivity contribution in [3.63, 3.8) is 0 Å². The number of halogens is 2. The molecule has 132 valence electrons. The average Bonchev–Trinajstić information content (AvgIpc) is 3.06. The second-order valence-electron chi connectivity index (χ2n) is 5.63. The topological polar surface area (TPSA) is 65.6 Å². The third-order valence-electron chi connectivity index (χ3n) is 4.02. The fourth-order valence-corrected chi connectivity index (χ4v) is 3.03. The lowest BCUT2D eigenvalue weighted by molar-refractivity contribution is -0.134. The van der Waals surface area contributed by atoms with E-state index in [1.807, 2.05) is 4.90 Å². The zero-order valence-electron chi connectivity index (χ0n) is 13.4. The Hall–Kier alpha value is -2.35. The molecule has 1 fully saturated rings. The standard InChI is InChI=1S/C17H17BrFN3O3/c18-12-9-14(20-10-12)17(24)25-11-16(23)22-7-5-21(6-8-22)15-4-2-1-3-13(15)19/h1-4,9-10,20H,5-8,11H2. The summed E-state index contributed by atoms with van der Waals surface area (Å²) in [5.41, 5.74) is 0.822. The number of esters is 1. The number of aromatic nitrogens is 1. The van der Waals surface area contributed by atoms with Crippen LogP contribution in [0, 0.1) is 5.82 Å². The summed E-state index contributed by atoms with van der Waals surface area (Å²) in [6.45, 7) is 1.67. The lowest BCUT2D eigenvalue weighted by atomic mass is 10.2. The van der Waals surface area contributed by atoms with Gasteiger partial charge in [0.05, 0.1) is 5.69 Å². The van der Waals surface area contributed by atoms with Gasteiger partial charge in [-0.2, -0.15) is 0 Å². The number of anilines is 1. The van der Waals surface area contributed by atoms with E-state index in [-0.39, 0.29) is 24.0 Å². The molecule has 0 spiro atoms. The van der Waals surface area contributed by atoms with E-state index in [4.69, 9.17) is 4.74 Å². The summed E-state index contributed by atoms with van der Waals surface area (Å²) in [6, 6.07) is 8.17. The predicted octanol–water partition coefficient (Wildman–Crippen LogP) is 2.42. The maximum absolute atomic E-state index is 13.8. The van der Waals surface area contributed by atoms with Crippen molar-refractivity contribution in [1.82, 2.24) is 9.88 Å². The number of nitrogens with one attached hydrogen (secondary N) is 1. The van der Waals surface area contributed by atoms with Crippen LogP contribution in [0.3, 0.4) is 0 Å². The van der Waals surface area contributed by atoms with Gasteiger partial charge in [-0.05, 0) is 34.1 Å². The minimum Gasteiger partial charge on any atom is -0.451 e. The van der Waals surface area contributed by atoms with E-state index in [2.05, 4.69) is 20.9 Å². The van der Waals surface area contributed by atoms with Gasteiger partial charge in [-0.25, -0.2) is 9.18 Å². The van der Waals surface area contributed by atoms with Crippen molar-refractivity contribution < 1.29 is 18.7 Å². The molecule has 1 aromatic heterocycles. The second-order valence-corrected chi connectivity index (χ2v) is 6.54. The molecule has 2 heterocycles.